The van der Waals surface area contributed by atoms with Crippen molar-refractivity contribution in [3.05, 3.63) is 41.9 Å². The van der Waals surface area contributed by atoms with Gasteiger partial charge in [-0.2, -0.15) is 0 Å². The minimum Gasteiger partial charge on any atom is -0.464 e. The highest BCUT2D eigenvalue weighted by Gasteiger charge is 2.17. The minimum atomic E-state index is 0.191. The topological polar surface area (TPSA) is 43.0 Å². The molecule has 0 aliphatic heterocycles. The first kappa shape index (κ1) is 12.9. The van der Waals surface area contributed by atoms with E-state index >= 15 is 0 Å². The smallest absolute Gasteiger partial charge is 0.121 e. The van der Waals surface area contributed by atoms with Gasteiger partial charge in [0, 0.05) is 32.3 Å². The predicted octanol–water partition coefficient (Wildman–Crippen LogP) is 2.47. The Morgan fingerprint density at radius 1 is 1.39 bits per heavy atom. The highest BCUT2D eigenvalue weighted by atomic mass is 16.3. The molecule has 0 aliphatic rings. The van der Waals surface area contributed by atoms with Crippen LogP contribution in [0.4, 0.5) is 0 Å². The fourth-order valence-electron chi connectivity index (χ4n) is 2.07. The molecule has 0 aromatic carbocycles. The Morgan fingerprint density at radius 3 is 2.78 bits per heavy atom. The maximum Gasteiger partial charge on any atom is 0.121 e. The molecule has 0 saturated heterocycles. The summed E-state index contributed by atoms with van der Waals surface area (Å²) in [5, 5.41) is 3.45. The number of aryl methyl sites for hydroxylation is 2. The normalized spacial score (nSPS) is 12.8. The van der Waals surface area contributed by atoms with Gasteiger partial charge < -0.3 is 14.3 Å². The Hall–Kier alpha value is -1.55. The van der Waals surface area contributed by atoms with Crippen LogP contribution in [0.15, 0.2) is 28.9 Å². The van der Waals surface area contributed by atoms with Gasteiger partial charge in [-0.05, 0) is 18.7 Å². The van der Waals surface area contributed by atoms with Crippen molar-refractivity contribution >= 4 is 0 Å². The maximum atomic E-state index is 5.84. The van der Waals surface area contributed by atoms with Gasteiger partial charge in [0.15, 0.2) is 0 Å². The summed E-state index contributed by atoms with van der Waals surface area (Å²) in [6.45, 7) is 5.12. The van der Waals surface area contributed by atoms with Gasteiger partial charge >= 0.3 is 0 Å². The lowest BCUT2D eigenvalue weighted by Crippen LogP contribution is -2.23. The van der Waals surface area contributed by atoms with Crippen LogP contribution in [-0.2, 0) is 19.9 Å². The fraction of sp³-hybridized carbons (Fsp3) is 0.500. The van der Waals surface area contributed by atoms with Crippen LogP contribution in [0.5, 0.6) is 0 Å². The average molecular weight is 247 g/mol. The third-order valence-electron chi connectivity index (χ3n) is 3.13. The molecule has 2 rings (SSSR count). The third-order valence-corrected chi connectivity index (χ3v) is 3.13. The first-order valence-electron chi connectivity index (χ1n) is 6.52. The number of rotatable bonds is 6. The molecule has 0 amide bonds. The van der Waals surface area contributed by atoms with E-state index in [1.807, 2.05) is 24.0 Å². The first-order valence-corrected chi connectivity index (χ1v) is 6.52. The Kier molecular flexibility index (Phi) is 4.20. The fourth-order valence-corrected chi connectivity index (χ4v) is 2.07. The molecule has 2 heterocycles. The molecule has 18 heavy (non-hydrogen) atoms. The minimum absolute atomic E-state index is 0.191. The molecule has 4 nitrogen and oxygen atoms in total. The number of hydrogen-bond donors (Lipinski definition) is 1. The number of nitrogens with one attached hydrogen (secondary N) is 1. The van der Waals surface area contributed by atoms with E-state index in [1.165, 1.54) is 0 Å². The van der Waals surface area contributed by atoms with Crippen molar-refractivity contribution in [2.45, 2.75) is 32.7 Å². The monoisotopic (exact) mass is 247 g/mol. The molecule has 0 radical (unpaired) electrons. The molecule has 1 atom stereocenters. The second kappa shape index (κ2) is 5.87. The quantitative estimate of drug-likeness (QED) is 0.852. The molecule has 2 aromatic rings. The van der Waals surface area contributed by atoms with Crippen LogP contribution < -0.4 is 5.32 Å². The summed E-state index contributed by atoms with van der Waals surface area (Å²) in [6.07, 6.45) is 5.57. The van der Waals surface area contributed by atoms with Crippen LogP contribution in [0.1, 0.15) is 37.2 Å². The van der Waals surface area contributed by atoms with Crippen LogP contribution in [0.25, 0.3) is 0 Å². The zero-order valence-electron chi connectivity index (χ0n) is 11.3. The lowest BCUT2D eigenvalue weighted by Gasteiger charge is -2.15. The Bertz CT molecular complexity index is 487. The lowest BCUT2D eigenvalue weighted by atomic mass is 10.1. The van der Waals surface area contributed by atoms with Crippen molar-refractivity contribution < 1.29 is 4.42 Å². The predicted molar refractivity (Wildman–Crippen MR) is 71.4 cm³/mol. The van der Waals surface area contributed by atoms with Gasteiger partial charge in [0.2, 0.25) is 0 Å². The lowest BCUT2D eigenvalue weighted by molar-refractivity contribution is 0.391. The summed E-state index contributed by atoms with van der Waals surface area (Å²) in [7, 11) is 2.02. The summed E-state index contributed by atoms with van der Waals surface area (Å²) >= 11 is 0. The van der Waals surface area contributed by atoms with Gasteiger partial charge in [-0.3, -0.25) is 0 Å². The maximum absolute atomic E-state index is 5.84. The molecule has 4 heteroatoms. The average Bonchev–Trinajstić information content (AvgIpc) is 2.98. The van der Waals surface area contributed by atoms with Crippen molar-refractivity contribution in [2.75, 3.05) is 6.54 Å². The number of furan rings is 1. The summed E-state index contributed by atoms with van der Waals surface area (Å²) < 4.78 is 7.89. The molecule has 0 fully saturated rings. The molecule has 0 aliphatic carbocycles. The number of hydrogen-bond acceptors (Lipinski definition) is 3. The van der Waals surface area contributed by atoms with Gasteiger partial charge in [0.05, 0.1) is 6.04 Å². The van der Waals surface area contributed by atoms with Crippen LogP contribution in [0, 0.1) is 0 Å². The zero-order valence-corrected chi connectivity index (χ0v) is 11.3. The van der Waals surface area contributed by atoms with Crippen molar-refractivity contribution in [1.82, 2.24) is 14.9 Å². The van der Waals surface area contributed by atoms with Crippen LogP contribution >= 0.6 is 0 Å². The van der Waals surface area contributed by atoms with Gasteiger partial charge in [-0.1, -0.05) is 13.8 Å². The zero-order chi connectivity index (χ0) is 13.0. The molecular formula is C14H21N3O. The standard InChI is InChI=1S/C14H21N3O/c1-4-11-6-7-13(18-11)12(15-5-2)10-14-16-8-9-17(14)3/h6-9,12,15H,4-5,10H2,1-3H3. The van der Waals surface area contributed by atoms with E-state index in [9.17, 15) is 0 Å². The largest absolute Gasteiger partial charge is 0.464 e. The number of aromatic nitrogens is 2. The molecule has 1 unspecified atom stereocenters. The summed E-state index contributed by atoms with van der Waals surface area (Å²) in [6, 6.07) is 4.31. The molecule has 98 valence electrons. The van der Waals surface area contributed by atoms with Crippen molar-refractivity contribution in [1.29, 1.82) is 0 Å². The Morgan fingerprint density at radius 2 is 2.22 bits per heavy atom. The number of imidazole rings is 1. The highest BCUT2D eigenvalue weighted by Crippen LogP contribution is 2.20. The molecule has 0 spiro atoms. The molecular weight excluding hydrogens is 226 g/mol. The van der Waals surface area contributed by atoms with Crippen LogP contribution in [0.2, 0.25) is 0 Å². The third kappa shape index (κ3) is 2.82. The summed E-state index contributed by atoms with van der Waals surface area (Å²) in [4.78, 5) is 4.37. The molecule has 0 bridgehead atoms. The summed E-state index contributed by atoms with van der Waals surface area (Å²) in [5.74, 6) is 3.10. The first-order chi connectivity index (χ1) is 8.74. The van der Waals surface area contributed by atoms with E-state index in [1.54, 1.807) is 0 Å². The van der Waals surface area contributed by atoms with E-state index in [0.717, 1.165) is 36.7 Å². The molecule has 0 saturated carbocycles. The van der Waals surface area contributed by atoms with Crippen LogP contribution in [-0.4, -0.2) is 16.1 Å². The van der Waals surface area contributed by atoms with Crippen LogP contribution in [0.3, 0.4) is 0 Å². The number of nitrogens with zero attached hydrogens (tertiary/aromatic N) is 2. The van der Waals surface area contributed by atoms with Crippen molar-refractivity contribution in [3.8, 4) is 0 Å². The Labute approximate surface area is 108 Å². The number of likely N-dealkylation sites (N-methyl/N-ethyl adjacent to an activating group) is 1. The summed E-state index contributed by atoms with van der Waals surface area (Å²) in [5.41, 5.74) is 0. The second-order valence-electron chi connectivity index (χ2n) is 4.43. The van der Waals surface area contributed by atoms with E-state index in [2.05, 4.69) is 36.3 Å². The van der Waals surface area contributed by atoms with Crippen molar-refractivity contribution in [2.24, 2.45) is 7.05 Å². The van der Waals surface area contributed by atoms with E-state index in [4.69, 9.17) is 4.42 Å². The second-order valence-corrected chi connectivity index (χ2v) is 4.43. The van der Waals surface area contributed by atoms with Gasteiger partial charge in [-0.25, -0.2) is 4.98 Å². The van der Waals surface area contributed by atoms with Gasteiger partial charge in [0.25, 0.3) is 0 Å². The van der Waals surface area contributed by atoms with Crippen molar-refractivity contribution in [3.63, 3.8) is 0 Å². The van der Waals surface area contributed by atoms with E-state index in [-0.39, 0.29) is 6.04 Å². The highest BCUT2D eigenvalue weighted by molar-refractivity contribution is 5.12. The van der Waals surface area contributed by atoms with E-state index < -0.39 is 0 Å². The molecule has 2 aromatic heterocycles. The SMILES string of the molecule is CCNC(Cc1nccn1C)c1ccc(CC)o1. The molecule has 1 N–H and O–H groups in total. The Balaban J connectivity index is 2.15. The van der Waals surface area contributed by atoms with E-state index in [0.29, 0.717) is 0 Å². The van der Waals surface area contributed by atoms with Gasteiger partial charge in [-0.15, -0.1) is 0 Å². The van der Waals surface area contributed by atoms with Gasteiger partial charge in [0.1, 0.15) is 17.3 Å².